The van der Waals surface area contributed by atoms with Crippen molar-refractivity contribution in [2.45, 2.75) is 130 Å². The largest absolute Gasteiger partial charge is 0.480 e. The Labute approximate surface area is 255 Å². The summed E-state index contributed by atoms with van der Waals surface area (Å²) in [6.07, 6.45) is 18.3. The number of nitrogens with two attached hydrogens (primary N) is 2. The standard InChI is InChI=1S/C27H44O4S.C6H14N2O2/c1-19(2)8-6-9-21(4)25-15-16-26-22(10-7-17-27(25,26)5)12-13-23-18-24(14-11-20(23)3)31-32(28,29)30;7-4-2-1-3-5(8)6(9)10/h12-13,19,21,24-26H,3,6-11,14-18H2,1-2,4-5H3,(H,28,29,30);5H,1-4,7-8H2,(H,9,10)/b22-12+,23-13-;/t21-,24+,25-,26+,27-;5-/m10/s1. The van der Waals surface area contributed by atoms with Crippen LogP contribution in [0.2, 0.25) is 0 Å². The number of unbranched alkanes of at least 4 members (excludes halogenated alkanes) is 1. The van der Waals surface area contributed by atoms with Gasteiger partial charge in [0.15, 0.2) is 0 Å². The molecule has 42 heavy (non-hydrogen) atoms. The normalized spacial score (nSPS) is 29.7. The minimum atomic E-state index is -4.42. The summed E-state index contributed by atoms with van der Waals surface area (Å²) in [6, 6.07) is -0.716. The predicted molar refractivity (Wildman–Crippen MR) is 170 cm³/mol. The number of carboxylic acids is 1. The average Bonchev–Trinajstić information content (AvgIpc) is 3.26. The van der Waals surface area contributed by atoms with Crippen LogP contribution in [0.15, 0.2) is 35.5 Å². The Kier molecular flexibility index (Phi) is 14.9. The Balaban J connectivity index is 0.000000528. The number of carboxylic acid groups (broad SMARTS) is 1. The molecular formula is C33H58N2O6S. The summed E-state index contributed by atoms with van der Waals surface area (Å²) in [5.41, 5.74) is 14.5. The molecule has 0 aromatic rings. The van der Waals surface area contributed by atoms with Crippen LogP contribution in [0.4, 0.5) is 0 Å². The molecule has 6 atom stereocenters. The Morgan fingerprint density at radius 1 is 1.10 bits per heavy atom. The zero-order chi connectivity index (χ0) is 31.5. The zero-order valence-electron chi connectivity index (χ0n) is 26.5. The van der Waals surface area contributed by atoms with Gasteiger partial charge in [0.05, 0.1) is 6.10 Å². The molecule has 0 aliphatic heterocycles. The van der Waals surface area contributed by atoms with Gasteiger partial charge in [0.1, 0.15) is 6.04 Å². The van der Waals surface area contributed by atoms with Crippen molar-refractivity contribution in [1.82, 2.24) is 0 Å². The van der Waals surface area contributed by atoms with Gasteiger partial charge in [0.25, 0.3) is 0 Å². The number of rotatable bonds is 13. The maximum atomic E-state index is 11.1. The molecule has 0 heterocycles. The van der Waals surface area contributed by atoms with E-state index in [-0.39, 0.29) is 0 Å². The average molecular weight is 611 g/mol. The molecular weight excluding hydrogens is 552 g/mol. The van der Waals surface area contributed by atoms with Crippen LogP contribution in [0.1, 0.15) is 118 Å². The minimum Gasteiger partial charge on any atom is -0.480 e. The number of hydrogen-bond donors (Lipinski definition) is 4. The molecule has 0 unspecified atom stereocenters. The smallest absolute Gasteiger partial charge is 0.397 e. The van der Waals surface area contributed by atoms with Crippen LogP contribution in [0, 0.1) is 29.1 Å². The van der Waals surface area contributed by atoms with Crippen LogP contribution in [0.5, 0.6) is 0 Å². The van der Waals surface area contributed by atoms with E-state index >= 15 is 0 Å². The van der Waals surface area contributed by atoms with Crippen LogP contribution >= 0.6 is 0 Å². The van der Waals surface area contributed by atoms with E-state index in [0.29, 0.717) is 43.6 Å². The summed E-state index contributed by atoms with van der Waals surface area (Å²) in [6.45, 7) is 14.5. The minimum absolute atomic E-state index is 0.403. The second-order valence-electron chi connectivity index (χ2n) is 13.6. The monoisotopic (exact) mass is 610 g/mol. The number of aliphatic carboxylic acids is 1. The lowest BCUT2D eigenvalue weighted by Gasteiger charge is -2.44. The molecule has 3 fully saturated rings. The van der Waals surface area contributed by atoms with Gasteiger partial charge in [-0.2, -0.15) is 8.42 Å². The quantitative estimate of drug-likeness (QED) is 0.129. The number of fused-ring (bicyclic) bond motifs is 1. The molecule has 0 saturated heterocycles. The Morgan fingerprint density at radius 2 is 1.81 bits per heavy atom. The highest BCUT2D eigenvalue weighted by Gasteiger charge is 2.50. The molecule has 9 heteroatoms. The third-order valence-electron chi connectivity index (χ3n) is 9.88. The van der Waals surface area contributed by atoms with E-state index < -0.39 is 28.5 Å². The fraction of sp³-hybridized carbons (Fsp3) is 0.788. The van der Waals surface area contributed by atoms with Crippen molar-refractivity contribution in [3.63, 3.8) is 0 Å². The number of hydrogen-bond acceptors (Lipinski definition) is 6. The van der Waals surface area contributed by atoms with Gasteiger partial charge in [-0.25, -0.2) is 4.18 Å². The first kappa shape index (κ1) is 36.7. The molecule has 3 aliphatic rings. The molecule has 0 radical (unpaired) electrons. The van der Waals surface area contributed by atoms with Crippen molar-refractivity contribution >= 4 is 16.4 Å². The first-order chi connectivity index (χ1) is 19.7. The first-order valence-electron chi connectivity index (χ1n) is 16.1. The summed E-state index contributed by atoms with van der Waals surface area (Å²) in [7, 11) is -4.42. The van der Waals surface area contributed by atoms with E-state index in [0.717, 1.165) is 48.2 Å². The van der Waals surface area contributed by atoms with E-state index in [1.54, 1.807) is 5.57 Å². The zero-order valence-corrected chi connectivity index (χ0v) is 27.3. The molecule has 3 saturated carbocycles. The van der Waals surface area contributed by atoms with Crippen molar-refractivity contribution in [2.75, 3.05) is 6.54 Å². The SMILES string of the molecule is C=C1CC[C@H](OS(=O)(=O)O)C/C1=C/C=C1\CCC[C@]2(C)[C@@H]([C@H](C)CCCC(C)C)CC[C@@H]12.NCCCC[C@H](N)C(=O)O. The van der Waals surface area contributed by atoms with Crippen molar-refractivity contribution in [3.05, 3.63) is 35.5 Å². The molecule has 242 valence electrons. The first-order valence-corrected chi connectivity index (χ1v) is 17.5. The molecule has 0 aromatic heterocycles. The van der Waals surface area contributed by atoms with Crippen molar-refractivity contribution < 1.29 is 27.1 Å². The molecule has 0 spiro atoms. The van der Waals surface area contributed by atoms with Gasteiger partial charge < -0.3 is 16.6 Å². The molecule has 6 N–H and O–H groups in total. The van der Waals surface area contributed by atoms with Gasteiger partial charge >= 0.3 is 16.4 Å². The molecule has 0 amide bonds. The topological polar surface area (TPSA) is 153 Å². The molecule has 8 nitrogen and oxygen atoms in total. The van der Waals surface area contributed by atoms with Gasteiger partial charge in [-0.15, -0.1) is 0 Å². The predicted octanol–water partition coefficient (Wildman–Crippen LogP) is 6.97. The second-order valence-corrected chi connectivity index (χ2v) is 14.6. The maximum Gasteiger partial charge on any atom is 0.397 e. The number of carbonyl (C=O) groups is 1. The fourth-order valence-electron chi connectivity index (χ4n) is 7.53. The third kappa shape index (κ3) is 11.5. The third-order valence-corrected chi connectivity index (χ3v) is 10.4. The van der Waals surface area contributed by atoms with Crippen LogP contribution < -0.4 is 11.5 Å². The van der Waals surface area contributed by atoms with Gasteiger partial charge in [-0.1, -0.05) is 83.3 Å². The maximum absolute atomic E-state index is 11.1. The van der Waals surface area contributed by atoms with Crippen LogP contribution in [0.3, 0.4) is 0 Å². The van der Waals surface area contributed by atoms with Gasteiger partial charge in [0, 0.05) is 6.42 Å². The summed E-state index contributed by atoms with van der Waals surface area (Å²) >= 11 is 0. The van der Waals surface area contributed by atoms with Crippen molar-refractivity contribution in [3.8, 4) is 0 Å². The highest BCUT2D eigenvalue weighted by Crippen LogP contribution is 2.60. The Morgan fingerprint density at radius 3 is 2.43 bits per heavy atom. The summed E-state index contributed by atoms with van der Waals surface area (Å²) in [5, 5.41) is 8.33. The van der Waals surface area contributed by atoms with E-state index in [1.165, 1.54) is 44.9 Å². The van der Waals surface area contributed by atoms with Gasteiger partial charge in [-0.05, 0) is 99.0 Å². The lowest BCUT2D eigenvalue weighted by Crippen LogP contribution is -2.36. The fourth-order valence-corrected chi connectivity index (χ4v) is 8.04. The van der Waals surface area contributed by atoms with E-state index in [1.807, 2.05) is 0 Å². The van der Waals surface area contributed by atoms with Gasteiger partial charge in [0.2, 0.25) is 0 Å². The number of allylic oxidation sites excluding steroid dienone is 4. The molecule has 0 bridgehead atoms. The summed E-state index contributed by atoms with van der Waals surface area (Å²) in [5.74, 6) is 2.12. The van der Waals surface area contributed by atoms with Crippen LogP contribution in [-0.4, -0.2) is 42.7 Å². The molecule has 3 aliphatic carbocycles. The van der Waals surface area contributed by atoms with Gasteiger partial charge in [-0.3, -0.25) is 9.35 Å². The summed E-state index contributed by atoms with van der Waals surface area (Å²) < 4.78 is 36.1. The second kappa shape index (κ2) is 17.1. The highest BCUT2D eigenvalue weighted by atomic mass is 32.3. The summed E-state index contributed by atoms with van der Waals surface area (Å²) in [4.78, 5) is 10.1. The van der Waals surface area contributed by atoms with Crippen LogP contribution in [0.25, 0.3) is 0 Å². The van der Waals surface area contributed by atoms with E-state index in [4.69, 9.17) is 25.3 Å². The lowest BCUT2D eigenvalue weighted by atomic mass is 9.60. The molecule has 3 rings (SSSR count). The van der Waals surface area contributed by atoms with E-state index in [2.05, 4.69) is 46.4 Å². The van der Waals surface area contributed by atoms with E-state index in [9.17, 15) is 13.2 Å². The molecule has 0 aromatic carbocycles. The van der Waals surface area contributed by atoms with Crippen molar-refractivity contribution in [2.24, 2.45) is 40.6 Å². The Hall–Kier alpha value is -1.52. The van der Waals surface area contributed by atoms with Crippen molar-refractivity contribution in [1.29, 1.82) is 0 Å². The highest BCUT2D eigenvalue weighted by molar-refractivity contribution is 7.80. The lowest BCUT2D eigenvalue weighted by molar-refractivity contribution is -0.138. The van der Waals surface area contributed by atoms with Crippen LogP contribution in [-0.2, 0) is 19.4 Å². The Bertz CT molecular complexity index is 1050.